The van der Waals surface area contributed by atoms with Crippen molar-refractivity contribution in [3.8, 4) is 6.07 Å². The Balaban J connectivity index is 1.60. The first-order valence-electron chi connectivity index (χ1n) is 10.5. The number of anilines is 2. The van der Waals surface area contributed by atoms with Crippen LogP contribution in [0.25, 0.3) is 0 Å². The van der Waals surface area contributed by atoms with E-state index in [1.165, 1.54) is 17.4 Å². The number of rotatable bonds is 4. The molecule has 2 aliphatic rings. The van der Waals surface area contributed by atoms with Crippen LogP contribution in [0.2, 0.25) is 0 Å². The largest absolute Gasteiger partial charge is 0.366 e. The molecule has 0 bridgehead atoms. The van der Waals surface area contributed by atoms with Crippen LogP contribution in [0.15, 0.2) is 18.2 Å². The Labute approximate surface area is 179 Å². The van der Waals surface area contributed by atoms with E-state index in [9.17, 15) is 20.2 Å². The standard InChI is InChI=1S/C22H24N4O3S/c23-14-17-16-7-3-4-8-20(16)30-22(17)24-21(27)15-9-10-18(19(13-15)26(28)29)25-11-5-1-2-6-12-25/h9-10,13H,1-8,11-12H2,(H,24,27). The lowest BCUT2D eigenvalue weighted by atomic mass is 9.96. The fourth-order valence-corrected chi connectivity index (χ4v) is 5.57. The highest BCUT2D eigenvalue weighted by atomic mass is 32.1. The van der Waals surface area contributed by atoms with Crippen LogP contribution in [-0.2, 0) is 12.8 Å². The molecule has 1 N–H and O–H groups in total. The van der Waals surface area contributed by atoms with Crippen molar-refractivity contribution in [3.05, 3.63) is 49.9 Å². The predicted molar refractivity (Wildman–Crippen MR) is 117 cm³/mol. The molecular formula is C22H24N4O3S. The van der Waals surface area contributed by atoms with Crippen LogP contribution < -0.4 is 10.2 Å². The first-order valence-corrected chi connectivity index (χ1v) is 11.3. The van der Waals surface area contributed by atoms with Gasteiger partial charge in [-0.25, -0.2) is 0 Å². The maximum atomic E-state index is 12.9. The lowest BCUT2D eigenvalue weighted by molar-refractivity contribution is -0.384. The molecule has 2 heterocycles. The van der Waals surface area contributed by atoms with E-state index in [2.05, 4.69) is 11.4 Å². The summed E-state index contributed by atoms with van der Waals surface area (Å²) in [5.74, 6) is -0.421. The molecule has 0 unspecified atom stereocenters. The van der Waals surface area contributed by atoms with E-state index in [-0.39, 0.29) is 11.3 Å². The molecule has 4 rings (SSSR count). The molecule has 1 aromatic heterocycles. The number of nitriles is 1. The predicted octanol–water partition coefficient (Wildman–Crippen LogP) is 5.04. The van der Waals surface area contributed by atoms with Gasteiger partial charge in [0, 0.05) is 29.6 Å². The molecular weight excluding hydrogens is 400 g/mol. The van der Waals surface area contributed by atoms with Gasteiger partial charge < -0.3 is 10.2 Å². The lowest BCUT2D eigenvalue weighted by Crippen LogP contribution is -2.25. The highest BCUT2D eigenvalue weighted by Crippen LogP contribution is 2.38. The number of nitrogens with zero attached hydrogens (tertiary/aromatic N) is 3. The van der Waals surface area contributed by atoms with E-state index in [4.69, 9.17) is 0 Å². The monoisotopic (exact) mass is 424 g/mol. The fourth-order valence-electron chi connectivity index (χ4n) is 4.34. The highest BCUT2D eigenvalue weighted by molar-refractivity contribution is 7.16. The van der Waals surface area contributed by atoms with Crippen molar-refractivity contribution in [2.45, 2.75) is 51.4 Å². The van der Waals surface area contributed by atoms with E-state index in [0.29, 0.717) is 16.3 Å². The first-order chi connectivity index (χ1) is 14.6. The van der Waals surface area contributed by atoms with Crippen LogP contribution in [0.4, 0.5) is 16.4 Å². The molecule has 1 aromatic carbocycles. The van der Waals surface area contributed by atoms with Gasteiger partial charge >= 0.3 is 0 Å². The molecule has 8 heteroatoms. The molecule has 1 saturated heterocycles. The molecule has 7 nitrogen and oxygen atoms in total. The summed E-state index contributed by atoms with van der Waals surface area (Å²) in [5, 5.41) is 24.7. The van der Waals surface area contributed by atoms with E-state index < -0.39 is 10.8 Å². The van der Waals surface area contributed by atoms with Crippen molar-refractivity contribution in [2.75, 3.05) is 23.3 Å². The van der Waals surface area contributed by atoms with Crippen molar-refractivity contribution < 1.29 is 9.72 Å². The molecule has 1 fully saturated rings. The average Bonchev–Trinajstić information content (AvgIpc) is 2.90. The Kier molecular flexibility index (Phi) is 6.00. The first kappa shape index (κ1) is 20.4. The number of carbonyl (C=O) groups excluding carboxylic acids is 1. The number of carbonyl (C=O) groups is 1. The summed E-state index contributed by atoms with van der Waals surface area (Å²) < 4.78 is 0. The van der Waals surface area contributed by atoms with Crippen molar-refractivity contribution >= 4 is 33.6 Å². The molecule has 0 atom stereocenters. The van der Waals surface area contributed by atoms with Gasteiger partial charge in [-0.05, 0) is 56.2 Å². The normalized spacial score (nSPS) is 16.3. The van der Waals surface area contributed by atoms with Gasteiger partial charge in [-0.15, -0.1) is 11.3 Å². The number of hydrogen-bond donors (Lipinski definition) is 1. The average molecular weight is 425 g/mol. The van der Waals surface area contributed by atoms with Crippen LogP contribution >= 0.6 is 11.3 Å². The molecule has 1 amide bonds. The topological polar surface area (TPSA) is 99.3 Å². The van der Waals surface area contributed by atoms with Crippen LogP contribution in [0.5, 0.6) is 0 Å². The van der Waals surface area contributed by atoms with Crippen LogP contribution in [0, 0.1) is 21.4 Å². The Morgan fingerprint density at radius 3 is 2.57 bits per heavy atom. The summed E-state index contributed by atoms with van der Waals surface area (Å²) in [5.41, 5.74) is 2.35. The van der Waals surface area contributed by atoms with Gasteiger partial charge in [0.05, 0.1) is 10.5 Å². The van der Waals surface area contributed by atoms with Gasteiger partial charge in [0.15, 0.2) is 0 Å². The van der Waals surface area contributed by atoms with E-state index in [0.717, 1.165) is 74.9 Å². The summed E-state index contributed by atoms with van der Waals surface area (Å²) >= 11 is 1.45. The third-order valence-electron chi connectivity index (χ3n) is 5.89. The third-order valence-corrected chi connectivity index (χ3v) is 7.10. The SMILES string of the molecule is N#Cc1c(NC(=O)c2ccc(N3CCCCCC3)c([N+](=O)[O-])c2)sc2c1CCCC2. The number of fused-ring (bicyclic) bond motifs is 1. The minimum atomic E-state index is -0.421. The minimum absolute atomic E-state index is 0.0458. The van der Waals surface area contributed by atoms with Crippen LogP contribution in [-0.4, -0.2) is 23.9 Å². The van der Waals surface area contributed by atoms with Crippen molar-refractivity contribution in [1.29, 1.82) is 5.26 Å². The summed E-state index contributed by atoms with van der Waals surface area (Å²) in [7, 11) is 0. The maximum Gasteiger partial charge on any atom is 0.293 e. The summed E-state index contributed by atoms with van der Waals surface area (Å²) in [6, 6.07) is 6.91. The smallest absolute Gasteiger partial charge is 0.293 e. The molecule has 30 heavy (non-hydrogen) atoms. The zero-order valence-corrected chi connectivity index (χ0v) is 17.6. The highest BCUT2D eigenvalue weighted by Gasteiger charge is 2.25. The molecule has 1 aliphatic heterocycles. The van der Waals surface area contributed by atoms with Gasteiger partial charge in [-0.3, -0.25) is 14.9 Å². The van der Waals surface area contributed by atoms with Gasteiger partial charge in [-0.1, -0.05) is 12.8 Å². The Morgan fingerprint density at radius 1 is 1.13 bits per heavy atom. The summed E-state index contributed by atoms with van der Waals surface area (Å²) in [4.78, 5) is 27.4. The second kappa shape index (κ2) is 8.84. The number of nitro groups is 1. The molecule has 0 radical (unpaired) electrons. The number of nitro benzene ring substituents is 1. The Hall–Kier alpha value is -2.92. The van der Waals surface area contributed by atoms with Crippen LogP contribution in [0.3, 0.4) is 0 Å². The fraction of sp³-hybridized carbons (Fsp3) is 0.455. The second-order valence-corrected chi connectivity index (χ2v) is 8.95. The molecule has 0 spiro atoms. The van der Waals surface area contributed by atoms with Gasteiger partial charge in [0.25, 0.3) is 11.6 Å². The van der Waals surface area contributed by atoms with E-state index in [1.807, 2.05) is 4.90 Å². The minimum Gasteiger partial charge on any atom is -0.366 e. The number of hydrogen-bond acceptors (Lipinski definition) is 6. The Bertz CT molecular complexity index is 1020. The number of nitrogens with one attached hydrogen (secondary N) is 1. The zero-order chi connectivity index (χ0) is 21.1. The molecule has 1 aliphatic carbocycles. The number of amides is 1. The number of thiophene rings is 1. The third kappa shape index (κ3) is 4.03. The Morgan fingerprint density at radius 2 is 1.87 bits per heavy atom. The quantitative estimate of drug-likeness (QED) is 0.547. The van der Waals surface area contributed by atoms with Crippen molar-refractivity contribution in [2.24, 2.45) is 0 Å². The zero-order valence-electron chi connectivity index (χ0n) is 16.8. The van der Waals surface area contributed by atoms with Gasteiger partial charge in [-0.2, -0.15) is 5.26 Å². The number of aryl methyl sites for hydroxylation is 1. The van der Waals surface area contributed by atoms with Crippen molar-refractivity contribution in [3.63, 3.8) is 0 Å². The van der Waals surface area contributed by atoms with E-state index in [1.54, 1.807) is 12.1 Å². The molecule has 156 valence electrons. The summed E-state index contributed by atoms with van der Waals surface area (Å²) in [6.45, 7) is 1.58. The molecule has 2 aromatic rings. The van der Waals surface area contributed by atoms with Gasteiger partial charge in [0.1, 0.15) is 16.8 Å². The maximum absolute atomic E-state index is 12.9. The van der Waals surface area contributed by atoms with Crippen LogP contribution in [0.1, 0.15) is 64.9 Å². The molecule has 0 saturated carbocycles. The van der Waals surface area contributed by atoms with Crippen molar-refractivity contribution in [1.82, 2.24) is 0 Å². The lowest BCUT2D eigenvalue weighted by Gasteiger charge is -2.22. The second-order valence-electron chi connectivity index (χ2n) is 7.84. The number of benzene rings is 1. The van der Waals surface area contributed by atoms with E-state index >= 15 is 0 Å². The van der Waals surface area contributed by atoms with Gasteiger partial charge in [0.2, 0.25) is 0 Å². The summed E-state index contributed by atoms with van der Waals surface area (Å²) in [6.07, 6.45) is 8.24.